The van der Waals surface area contributed by atoms with Gasteiger partial charge in [0.1, 0.15) is 0 Å². The number of pyridine rings is 1. The first-order valence-electron chi connectivity index (χ1n) is 7.62. The lowest BCUT2D eigenvalue weighted by molar-refractivity contribution is 0.0989. The number of thiophene rings is 1. The van der Waals surface area contributed by atoms with Crippen LogP contribution in [0.3, 0.4) is 0 Å². The number of fused-ring (bicyclic) bond motifs is 1. The molecule has 0 aliphatic carbocycles. The highest BCUT2D eigenvalue weighted by molar-refractivity contribution is 9.10. The topological polar surface area (TPSA) is 46.1 Å². The lowest BCUT2D eigenvalue weighted by atomic mass is 10.2. The molecule has 0 bridgehead atoms. The maximum atomic E-state index is 13.1. The van der Waals surface area contributed by atoms with Gasteiger partial charge in [-0.2, -0.15) is 0 Å². The summed E-state index contributed by atoms with van der Waals surface area (Å²) < 4.78 is 2.58. The molecule has 0 aliphatic heterocycles. The Labute approximate surface area is 171 Å². The Balaban J connectivity index is 1.76. The molecule has 4 nitrogen and oxygen atoms in total. The van der Waals surface area contributed by atoms with E-state index in [9.17, 15) is 4.79 Å². The van der Waals surface area contributed by atoms with Gasteiger partial charge >= 0.3 is 0 Å². The van der Waals surface area contributed by atoms with E-state index >= 15 is 0 Å². The van der Waals surface area contributed by atoms with Crippen LogP contribution < -0.4 is 4.90 Å². The van der Waals surface area contributed by atoms with Gasteiger partial charge in [-0.1, -0.05) is 44.9 Å². The minimum Gasteiger partial charge on any atom is -0.279 e. The van der Waals surface area contributed by atoms with Crippen molar-refractivity contribution in [3.63, 3.8) is 0 Å². The molecule has 1 amide bonds. The Morgan fingerprint density at radius 3 is 2.81 bits per heavy atom. The quantitative estimate of drug-likeness (QED) is 0.371. The van der Waals surface area contributed by atoms with Crippen LogP contribution in [-0.2, 0) is 6.54 Å². The molecule has 0 fully saturated rings. The second-order valence-electron chi connectivity index (χ2n) is 5.46. The van der Waals surface area contributed by atoms with E-state index in [4.69, 9.17) is 11.6 Å². The Morgan fingerprint density at radius 1 is 1.19 bits per heavy atom. The molecule has 1 aromatic carbocycles. The van der Waals surface area contributed by atoms with Crippen LogP contribution in [0.25, 0.3) is 10.2 Å². The van der Waals surface area contributed by atoms with Crippen molar-refractivity contribution in [2.24, 2.45) is 0 Å². The Morgan fingerprint density at radius 2 is 2.08 bits per heavy atom. The highest BCUT2D eigenvalue weighted by atomic mass is 79.9. The molecule has 8 heteroatoms. The number of thiazole rings is 1. The first-order valence-corrected chi connectivity index (χ1v) is 10.4. The molecule has 0 unspecified atom stereocenters. The first-order chi connectivity index (χ1) is 12.6. The van der Waals surface area contributed by atoms with E-state index in [1.54, 1.807) is 29.4 Å². The third-order valence-electron chi connectivity index (χ3n) is 3.66. The van der Waals surface area contributed by atoms with Crippen LogP contribution in [0, 0.1) is 0 Å². The van der Waals surface area contributed by atoms with Gasteiger partial charge in [-0.15, -0.1) is 11.3 Å². The van der Waals surface area contributed by atoms with Crippen molar-refractivity contribution in [3.8, 4) is 0 Å². The van der Waals surface area contributed by atoms with E-state index in [0.29, 0.717) is 20.9 Å². The van der Waals surface area contributed by atoms with Gasteiger partial charge < -0.3 is 0 Å². The number of hydrogen-bond acceptors (Lipinski definition) is 5. The second kappa shape index (κ2) is 7.44. The monoisotopic (exact) mass is 463 g/mol. The summed E-state index contributed by atoms with van der Waals surface area (Å²) in [5, 5.41) is 0.650. The van der Waals surface area contributed by atoms with Crippen LogP contribution in [0.4, 0.5) is 5.13 Å². The van der Waals surface area contributed by atoms with Gasteiger partial charge in [0.15, 0.2) is 5.13 Å². The van der Waals surface area contributed by atoms with Crippen LogP contribution in [-0.4, -0.2) is 15.9 Å². The summed E-state index contributed by atoms with van der Waals surface area (Å²) >= 11 is 12.2. The van der Waals surface area contributed by atoms with Gasteiger partial charge in [-0.3, -0.25) is 14.7 Å². The molecule has 4 aromatic rings. The minimum absolute atomic E-state index is 0.121. The molecule has 3 aromatic heterocycles. The summed E-state index contributed by atoms with van der Waals surface area (Å²) in [6.07, 6.45) is 3.47. The summed E-state index contributed by atoms with van der Waals surface area (Å²) in [4.78, 5) is 24.2. The predicted octanol–water partition coefficient (Wildman–Crippen LogP) is 6.02. The minimum atomic E-state index is -0.121. The van der Waals surface area contributed by atoms with E-state index in [2.05, 4.69) is 25.9 Å². The molecule has 0 aliphatic rings. The number of halogens is 2. The number of rotatable bonds is 4. The average molecular weight is 465 g/mol. The Kier molecular flexibility index (Phi) is 5.04. The fourth-order valence-electron chi connectivity index (χ4n) is 2.46. The van der Waals surface area contributed by atoms with Crippen LogP contribution in [0.1, 0.15) is 15.2 Å². The summed E-state index contributed by atoms with van der Waals surface area (Å²) in [6.45, 7) is 0.392. The molecule has 130 valence electrons. The Hall–Kier alpha value is -1.80. The van der Waals surface area contributed by atoms with Crippen LogP contribution >= 0.6 is 50.2 Å². The third kappa shape index (κ3) is 3.66. The van der Waals surface area contributed by atoms with Crippen molar-refractivity contribution < 1.29 is 4.79 Å². The van der Waals surface area contributed by atoms with Gasteiger partial charge in [-0.05, 0) is 42.0 Å². The lowest BCUT2D eigenvalue weighted by Gasteiger charge is -2.19. The van der Waals surface area contributed by atoms with Crippen LogP contribution in [0.15, 0.2) is 59.3 Å². The van der Waals surface area contributed by atoms with Gasteiger partial charge in [-0.25, -0.2) is 4.98 Å². The van der Waals surface area contributed by atoms with E-state index in [1.807, 2.05) is 30.3 Å². The van der Waals surface area contributed by atoms with Crippen LogP contribution in [0.5, 0.6) is 0 Å². The number of carbonyl (C=O) groups excluding carboxylic acids is 1. The number of carbonyl (C=O) groups is 1. The fraction of sp³-hybridized carbons (Fsp3) is 0.0556. The number of hydrogen-bond donors (Lipinski definition) is 0. The molecule has 0 N–H and O–H groups in total. The zero-order valence-corrected chi connectivity index (χ0v) is 17.2. The molecule has 0 atom stereocenters. The number of aromatic nitrogens is 2. The number of anilines is 1. The smallest absolute Gasteiger partial charge is 0.270 e. The SMILES string of the molecule is O=C(c1ccc(Cl)s1)N(Cc1cccnc1)c1nc2ccc(Br)cc2s1. The maximum absolute atomic E-state index is 13.1. The summed E-state index contributed by atoms with van der Waals surface area (Å²) in [5.74, 6) is -0.121. The molecule has 0 saturated heterocycles. The summed E-state index contributed by atoms with van der Waals surface area (Å²) in [7, 11) is 0. The van der Waals surface area contributed by atoms with Gasteiger partial charge in [0, 0.05) is 16.9 Å². The van der Waals surface area contributed by atoms with Crippen molar-refractivity contribution in [2.75, 3.05) is 4.90 Å². The number of amides is 1. The molecule has 4 rings (SSSR count). The van der Waals surface area contributed by atoms with Crippen molar-refractivity contribution in [2.45, 2.75) is 6.54 Å². The molecule has 0 spiro atoms. The molecule has 3 heterocycles. The second-order valence-corrected chi connectivity index (χ2v) is 9.10. The largest absolute Gasteiger partial charge is 0.279 e. The predicted molar refractivity (Wildman–Crippen MR) is 111 cm³/mol. The van der Waals surface area contributed by atoms with Gasteiger partial charge in [0.25, 0.3) is 5.91 Å². The van der Waals surface area contributed by atoms with E-state index in [1.165, 1.54) is 22.7 Å². The Bertz CT molecular complexity index is 1080. The summed E-state index contributed by atoms with van der Waals surface area (Å²) in [6, 6.07) is 13.2. The van der Waals surface area contributed by atoms with E-state index in [0.717, 1.165) is 20.3 Å². The summed E-state index contributed by atoms with van der Waals surface area (Å²) in [5.41, 5.74) is 1.80. The molecule has 26 heavy (non-hydrogen) atoms. The normalized spacial score (nSPS) is 11.0. The van der Waals surface area contributed by atoms with Crippen LogP contribution in [0.2, 0.25) is 4.34 Å². The standard InChI is InChI=1S/C18H11BrClN3OS2/c19-12-3-4-13-15(8-12)26-18(22-13)23(10-11-2-1-7-21-9-11)17(24)14-5-6-16(20)25-14/h1-9H,10H2. The maximum Gasteiger partial charge on any atom is 0.270 e. The number of nitrogens with zero attached hydrogens (tertiary/aromatic N) is 3. The first kappa shape index (κ1) is 17.6. The van der Waals surface area contributed by atoms with Crippen molar-refractivity contribution in [1.82, 2.24) is 9.97 Å². The van der Waals surface area contributed by atoms with Crippen molar-refractivity contribution >= 4 is 71.5 Å². The van der Waals surface area contributed by atoms with Crippen molar-refractivity contribution in [3.05, 3.63) is 74.1 Å². The molecule has 0 saturated carbocycles. The molecule has 0 radical (unpaired) electrons. The zero-order valence-electron chi connectivity index (χ0n) is 13.2. The van der Waals surface area contributed by atoms with Gasteiger partial charge in [0.05, 0.1) is 26.0 Å². The lowest BCUT2D eigenvalue weighted by Crippen LogP contribution is -2.29. The zero-order chi connectivity index (χ0) is 18.1. The number of benzene rings is 1. The highest BCUT2D eigenvalue weighted by Gasteiger charge is 2.23. The van der Waals surface area contributed by atoms with E-state index in [-0.39, 0.29) is 5.91 Å². The van der Waals surface area contributed by atoms with E-state index < -0.39 is 0 Å². The molecular formula is C18H11BrClN3OS2. The van der Waals surface area contributed by atoms with Gasteiger partial charge in [0.2, 0.25) is 0 Å². The molecular weight excluding hydrogens is 454 g/mol. The highest BCUT2D eigenvalue weighted by Crippen LogP contribution is 2.33. The van der Waals surface area contributed by atoms with Crippen molar-refractivity contribution in [1.29, 1.82) is 0 Å². The third-order valence-corrected chi connectivity index (χ3v) is 6.42. The fourth-order valence-corrected chi connectivity index (χ4v) is 4.97. The average Bonchev–Trinajstić information content (AvgIpc) is 3.25.